The van der Waals surface area contributed by atoms with Crippen molar-refractivity contribution < 1.29 is 23.8 Å². The van der Waals surface area contributed by atoms with E-state index in [2.05, 4.69) is 5.32 Å². The van der Waals surface area contributed by atoms with Gasteiger partial charge < -0.3 is 19.5 Å². The first-order valence-electron chi connectivity index (χ1n) is 7.67. The first-order valence-corrected chi connectivity index (χ1v) is 8.55. The van der Waals surface area contributed by atoms with E-state index in [1.165, 1.54) is 25.6 Å². The molecule has 1 heterocycles. The zero-order valence-electron chi connectivity index (χ0n) is 14.4. The maximum absolute atomic E-state index is 12.3. The van der Waals surface area contributed by atoms with Crippen molar-refractivity contribution in [3.05, 3.63) is 46.2 Å². The van der Waals surface area contributed by atoms with E-state index in [0.717, 1.165) is 10.4 Å². The molecule has 1 aromatic heterocycles. The Hall–Kier alpha value is -2.54. The highest BCUT2D eigenvalue weighted by atomic mass is 32.1. The van der Waals surface area contributed by atoms with Crippen LogP contribution in [0.3, 0.4) is 0 Å². The van der Waals surface area contributed by atoms with Crippen molar-refractivity contribution in [2.45, 2.75) is 18.9 Å². The molecule has 2 aromatic rings. The highest BCUT2D eigenvalue weighted by molar-refractivity contribution is 7.10. The number of ether oxygens (including phenoxy) is 3. The number of methoxy groups -OCH3 is 3. The molecule has 1 amide bonds. The second-order valence-corrected chi connectivity index (χ2v) is 6.30. The van der Waals surface area contributed by atoms with Gasteiger partial charge in [-0.15, -0.1) is 11.3 Å². The number of nitrogens with one attached hydrogen (secondary N) is 1. The highest BCUT2D eigenvalue weighted by Gasteiger charge is 2.21. The summed E-state index contributed by atoms with van der Waals surface area (Å²) in [4.78, 5) is 25.0. The Morgan fingerprint density at radius 3 is 2.48 bits per heavy atom. The molecule has 0 saturated heterocycles. The number of hydrogen-bond donors (Lipinski definition) is 1. The number of carbonyl (C=O) groups is 2. The summed E-state index contributed by atoms with van der Waals surface area (Å²) < 4.78 is 15.3. The van der Waals surface area contributed by atoms with Gasteiger partial charge in [-0.05, 0) is 29.1 Å². The number of esters is 1. The van der Waals surface area contributed by atoms with Crippen molar-refractivity contribution in [1.29, 1.82) is 0 Å². The topological polar surface area (TPSA) is 73.9 Å². The molecule has 0 aliphatic carbocycles. The molecule has 1 atom stereocenters. The Balaban J connectivity index is 2.20. The number of rotatable bonds is 8. The molecule has 0 aliphatic heterocycles. The second-order valence-electron chi connectivity index (χ2n) is 5.27. The molecule has 7 heteroatoms. The minimum atomic E-state index is -0.514. The van der Waals surface area contributed by atoms with Gasteiger partial charge in [0.2, 0.25) is 5.91 Å². The van der Waals surface area contributed by atoms with Gasteiger partial charge in [0, 0.05) is 4.88 Å². The lowest BCUT2D eigenvalue weighted by Gasteiger charge is -2.19. The van der Waals surface area contributed by atoms with E-state index in [0.29, 0.717) is 11.5 Å². The van der Waals surface area contributed by atoms with Crippen molar-refractivity contribution in [2.24, 2.45) is 0 Å². The van der Waals surface area contributed by atoms with Crippen molar-refractivity contribution in [2.75, 3.05) is 21.3 Å². The number of benzene rings is 1. The molecule has 1 N–H and O–H groups in total. The monoisotopic (exact) mass is 363 g/mol. The van der Waals surface area contributed by atoms with Crippen molar-refractivity contribution in [1.82, 2.24) is 5.32 Å². The van der Waals surface area contributed by atoms with Gasteiger partial charge >= 0.3 is 5.97 Å². The summed E-state index contributed by atoms with van der Waals surface area (Å²) in [5.74, 6) is 0.540. The molecule has 0 unspecified atom stereocenters. The predicted molar refractivity (Wildman–Crippen MR) is 95.1 cm³/mol. The van der Waals surface area contributed by atoms with Gasteiger partial charge in [-0.3, -0.25) is 9.59 Å². The minimum absolute atomic E-state index is 0.0299. The average molecular weight is 363 g/mol. The summed E-state index contributed by atoms with van der Waals surface area (Å²) in [5.41, 5.74) is 0.738. The average Bonchev–Trinajstić information content (AvgIpc) is 3.13. The third kappa shape index (κ3) is 5.22. The van der Waals surface area contributed by atoms with E-state index >= 15 is 0 Å². The van der Waals surface area contributed by atoms with E-state index in [9.17, 15) is 9.59 Å². The molecule has 0 bridgehead atoms. The molecular formula is C18H21NO5S. The van der Waals surface area contributed by atoms with Crippen LogP contribution in [-0.2, 0) is 20.7 Å². The van der Waals surface area contributed by atoms with Crippen molar-refractivity contribution in [3.63, 3.8) is 0 Å². The summed E-state index contributed by atoms with van der Waals surface area (Å²) in [6.45, 7) is 0. The summed E-state index contributed by atoms with van der Waals surface area (Å²) in [7, 11) is 4.40. The van der Waals surface area contributed by atoms with Crippen LogP contribution in [0.5, 0.6) is 11.5 Å². The lowest BCUT2D eigenvalue weighted by Crippen LogP contribution is -2.31. The fourth-order valence-electron chi connectivity index (χ4n) is 2.39. The van der Waals surface area contributed by atoms with Crippen LogP contribution >= 0.6 is 11.3 Å². The van der Waals surface area contributed by atoms with Crippen LogP contribution in [0.15, 0.2) is 35.7 Å². The van der Waals surface area contributed by atoms with Crippen LogP contribution in [0.4, 0.5) is 0 Å². The molecule has 134 valence electrons. The van der Waals surface area contributed by atoms with Crippen molar-refractivity contribution in [3.8, 4) is 11.5 Å². The van der Waals surface area contributed by atoms with Crippen LogP contribution in [0.25, 0.3) is 0 Å². The smallest absolute Gasteiger partial charge is 0.307 e. The lowest BCUT2D eigenvalue weighted by atomic mass is 10.0. The van der Waals surface area contributed by atoms with Gasteiger partial charge in [0.1, 0.15) is 0 Å². The Kier molecular flexibility index (Phi) is 6.82. The SMILES string of the molecule is COC(=O)C[C@@H](NC(=O)Cc1cccs1)c1ccc(OC)c(OC)c1. The van der Waals surface area contributed by atoms with Crippen LogP contribution in [0.1, 0.15) is 22.9 Å². The highest BCUT2D eigenvalue weighted by Crippen LogP contribution is 2.31. The normalized spacial score (nSPS) is 11.5. The molecule has 2 rings (SSSR count). The summed E-state index contributed by atoms with van der Waals surface area (Å²) >= 11 is 1.51. The molecule has 6 nitrogen and oxygen atoms in total. The minimum Gasteiger partial charge on any atom is -0.493 e. The maximum atomic E-state index is 12.3. The van der Waals surface area contributed by atoms with Gasteiger partial charge in [-0.2, -0.15) is 0 Å². The lowest BCUT2D eigenvalue weighted by molar-refractivity contribution is -0.141. The fourth-order valence-corrected chi connectivity index (χ4v) is 3.09. The molecule has 0 radical (unpaired) electrons. The number of amides is 1. The Labute approximate surface area is 150 Å². The molecular weight excluding hydrogens is 342 g/mol. The van der Waals surface area contributed by atoms with Gasteiger partial charge in [-0.1, -0.05) is 12.1 Å². The molecule has 25 heavy (non-hydrogen) atoms. The number of hydrogen-bond acceptors (Lipinski definition) is 6. The Bertz CT molecular complexity index is 714. The molecule has 0 saturated carbocycles. The molecule has 0 spiro atoms. The quantitative estimate of drug-likeness (QED) is 0.730. The number of carbonyl (C=O) groups excluding carboxylic acids is 2. The van der Waals surface area contributed by atoms with Crippen LogP contribution in [0.2, 0.25) is 0 Å². The van der Waals surface area contributed by atoms with Gasteiger partial charge in [0.15, 0.2) is 11.5 Å². The van der Waals surface area contributed by atoms with Crippen LogP contribution in [-0.4, -0.2) is 33.2 Å². The maximum Gasteiger partial charge on any atom is 0.307 e. The zero-order valence-corrected chi connectivity index (χ0v) is 15.2. The number of thiophene rings is 1. The second kappa shape index (κ2) is 9.08. The molecule has 1 aromatic carbocycles. The van der Waals surface area contributed by atoms with E-state index in [1.807, 2.05) is 17.5 Å². The third-order valence-corrected chi connectivity index (χ3v) is 4.53. The largest absolute Gasteiger partial charge is 0.493 e. The van der Waals surface area contributed by atoms with E-state index in [1.54, 1.807) is 25.3 Å². The molecule has 0 aliphatic rings. The zero-order chi connectivity index (χ0) is 18.2. The van der Waals surface area contributed by atoms with E-state index in [-0.39, 0.29) is 18.7 Å². The first-order chi connectivity index (χ1) is 12.1. The Morgan fingerprint density at radius 2 is 1.88 bits per heavy atom. The standard InChI is InChI=1S/C18H21NO5S/c1-22-15-7-6-12(9-16(15)23-2)14(11-18(21)24-3)19-17(20)10-13-5-4-8-25-13/h4-9,14H,10-11H2,1-3H3,(H,19,20)/t14-/m1/s1. The first kappa shape index (κ1) is 18.8. The van der Waals surface area contributed by atoms with E-state index < -0.39 is 12.0 Å². The predicted octanol–water partition coefficient (Wildman–Crippen LogP) is 2.73. The van der Waals surface area contributed by atoms with Gasteiger partial charge in [0.25, 0.3) is 0 Å². The van der Waals surface area contributed by atoms with Crippen molar-refractivity contribution >= 4 is 23.2 Å². The summed E-state index contributed by atoms with van der Waals surface area (Å²) in [5, 5.41) is 4.82. The summed E-state index contributed by atoms with van der Waals surface area (Å²) in [6, 6.07) is 8.56. The van der Waals surface area contributed by atoms with Gasteiger partial charge in [0.05, 0.1) is 40.2 Å². The fraction of sp³-hybridized carbons (Fsp3) is 0.333. The van der Waals surface area contributed by atoms with Gasteiger partial charge in [-0.25, -0.2) is 0 Å². The Morgan fingerprint density at radius 1 is 1.12 bits per heavy atom. The third-order valence-electron chi connectivity index (χ3n) is 3.66. The van der Waals surface area contributed by atoms with Crippen LogP contribution in [0, 0.1) is 0 Å². The molecule has 0 fully saturated rings. The van der Waals surface area contributed by atoms with E-state index in [4.69, 9.17) is 14.2 Å². The van der Waals surface area contributed by atoms with Crippen LogP contribution < -0.4 is 14.8 Å². The summed E-state index contributed by atoms with van der Waals surface area (Å²) in [6.07, 6.45) is 0.296.